The number of pyridine rings is 1. The van der Waals surface area contributed by atoms with Gasteiger partial charge in [-0.25, -0.2) is 4.57 Å². The van der Waals surface area contributed by atoms with Gasteiger partial charge in [-0.3, -0.25) is 4.57 Å². The summed E-state index contributed by atoms with van der Waals surface area (Å²) < 4.78 is 21.2. The van der Waals surface area contributed by atoms with Crippen molar-refractivity contribution in [1.82, 2.24) is 0 Å². The number of rotatable bonds is 8. The van der Waals surface area contributed by atoms with Crippen LogP contribution in [0, 0.1) is 5.92 Å². The van der Waals surface area contributed by atoms with Crippen LogP contribution in [-0.4, -0.2) is 13.2 Å². The highest BCUT2D eigenvalue weighted by Crippen LogP contribution is 2.37. The standard InChI is InChI=1S/C12H20N.C4H11O4P/c1-4-13-10-6-5-7-12(13)9-8-11(2)3;1-3-7-9(5,6)8-4-2/h5-7,10-11H,4,8-9H2,1-3H3;3-4H2,1-2H3,(H,5,6)/q+1;/p-1. The van der Waals surface area contributed by atoms with E-state index in [-0.39, 0.29) is 13.2 Å². The van der Waals surface area contributed by atoms with Gasteiger partial charge in [0.05, 0.1) is 13.2 Å². The first-order valence-electron chi connectivity index (χ1n) is 7.93. The molecule has 1 aromatic heterocycles. The zero-order valence-electron chi connectivity index (χ0n) is 14.4. The maximum absolute atomic E-state index is 10.4. The van der Waals surface area contributed by atoms with Crippen LogP contribution in [0.2, 0.25) is 0 Å². The molecule has 22 heavy (non-hydrogen) atoms. The van der Waals surface area contributed by atoms with E-state index in [1.54, 1.807) is 13.8 Å². The highest BCUT2D eigenvalue weighted by Gasteiger charge is 2.07. The average molecular weight is 331 g/mol. The van der Waals surface area contributed by atoms with Crippen molar-refractivity contribution in [3.05, 3.63) is 30.1 Å². The maximum Gasteiger partial charge on any atom is 0.267 e. The second kappa shape index (κ2) is 11.8. The van der Waals surface area contributed by atoms with Gasteiger partial charge in [0.1, 0.15) is 6.54 Å². The van der Waals surface area contributed by atoms with E-state index in [1.807, 2.05) is 0 Å². The molecule has 0 saturated carbocycles. The van der Waals surface area contributed by atoms with Crippen LogP contribution in [0.25, 0.3) is 0 Å². The summed E-state index contributed by atoms with van der Waals surface area (Å²) in [5.41, 5.74) is 1.46. The molecule has 0 aliphatic carbocycles. The van der Waals surface area contributed by atoms with Gasteiger partial charge in [0, 0.05) is 18.6 Å². The van der Waals surface area contributed by atoms with Crippen LogP contribution in [0.4, 0.5) is 0 Å². The summed E-state index contributed by atoms with van der Waals surface area (Å²) in [5.74, 6) is 0.797. The lowest BCUT2D eigenvalue weighted by Gasteiger charge is -2.20. The Bertz CT molecular complexity index is 442. The van der Waals surface area contributed by atoms with Crippen LogP contribution in [0.5, 0.6) is 0 Å². The van der Waals surface area contributed by atoms with Gasteiger partial charge in [-0.1, -0.05) is 19.9 Å². The predicted molar refractivity (Wildman–Crippen MR) is 86.3 cm³/mol. The average Bonchev–Trinajstić information content (AvgIpc) is 2.45. The molecular formula is C16H30NO4P. The van der Waals surface area contributed by atoms with E-state index < -0.39 is 7.82 Å². The fraction of sp³-hybridized carbons (Fsp3) is 0.688. The number of hydrogen-bond acceptors (Lipinski definition) is 4. The summed E-state index contributed by atoms with van der Waals surface area (Å²) in [6, 6.07) is 6.45. The van der Waals surface area contributed by atoms with E-state index in [4.69, 9.17) is 0 Å². The molecule has 0 amide bonds. The molecule has 0 aromatic carbocycles. The highest BCUT2D eigenvalue weighted by atomic mass is 31.2. The number of phosphoric ester groups is 1. The molecule has 6 heteroatoms. The van der Waals surface area contributed by atoms with E-state index in [9.17, 15) is 9.46 Å². The lowest BCUT2D eigenvalue weighted by Crippen LogP contribution is -2.36. The number of phosphoric acid groups is 1. The largest absolute Gasteiger partial charge is 0.756 e. The maximum atomic E-state index is 10.4. The van der Waals surface area contributed by atoms with Crippen LogP contribution in [0.15, 0.2) is 24.4 Å². The molecular weight excluding hydrogens is 301 g/mol. The molecule has 0 fully saturated rings. The molecule has 0 spiro atoms. The van der Waals surface area contributed by atoms with Gasteiger partial charge in [-0.2, -0.15) is 0 Å². The van der Waals surface area contributed by atoms with Gasteiger partial charge >= 0.3 is 0 Å². The topological polar surface area (TPSA) is 62.5 Å². The van der Waals surface area contributed by atoms with Crippen molar-refractivity contribution in [2.75, 3.05) is 13.2 Å². The minimum Gasteiger partial charge on any atom is -0.756 e. The second-order valence-corrected chi connectivity index (χ2v) is 6.60. The van der Waals surface area contributed by atoms with Gasteiger partial charge in [0.2, 0.25) is 0 Å². The Balaban J connectivity index is 0.000000433. The van der Waals surface area contributed by atoms with Crippen molar-refractivity contribution in [1.29, 1.82) is 0 Å². The zero-order valence-corrected chi connectivity index (χ0v) is 15.3. The van der Waals surface area contributed by atoms with Crippen LogP contribution in [0.3, 0.4) is 0 Å². The Kier molecular flexibility index (Phi) is 11.4. The van der Waals surface area contributed by atoms with Crippen LogP contribution < -0.4 is 9.46 Å². The first-order chi connectivity index (χ1) is 10.4. The monoisotopic (exact) mass is 331 g/mol. The summed E-state index contributed by atoms with van der Waals surface area (Å²) in [5, 5.41) is 0. The first-order valence-corrected chi connectivity index (χ1v) is 9.39. The molecule has 0 saturated heterocycles. The SMILES string of the molecule is CCOP(=O)([O-])OCC.CC[n+]1ccccc1CCC(C)C. The minimum absolute atomic E-state index is 0.126. The van der Waals surface area contributed by atoms with Gasteiger partial charge in [0.25, 0.3) is 7.82 Å². The molecule has 0 aliphatic heterocycles. The molecule has 1 aromatic rings. The molecule has 0 unspecified atom stereocenters. The quantitative estimate of drug-likeness (QED) is 0.542. The predicted octanol–water partition coefficient (Wildman–Crippen LogP) is 3.11. The number of hydrogen-bond donors (Lipinski definition) is 0. The van der Waals surface area contributed by atoms with E-state index in [0.29, 0.717) is 0 Å². The molecule has 1 heterocycles. The van der Waals surface area contributed by atoms with Gasteiger partial charge < -0.3 is 13.9 Å². The van der Waals surface area contributed by atoms with E-state index >= 15 is 0 Å². The van der Waals surface area contributed by atoms with E-state index in [0.717, 1.165) is 12.5 Å². The Labute approximate surface area is 134 Å². The fourth-order valence-electron chi connectivity index (χ4n) is 1.84. The van der Waals surface area contributed by atoms with E-state index in [1.165, 1.54) is 18.5 Å². The third kappa shape index (κ3) is 10.1. The lowest BCUT2D eigenvalue weighted by molar-refractivity contribution is -0.700. The van der Waals surface area contributed by atoms with Gasteiger partial charge in [-0.05, 0) is 33.1 Å². The Morgan fingerprint density at radius 3 is 2.23 bits per heavy atom. The summed E-state index contributed by atoms with van der Waals surface area (Å²) in [6.07, 6.45) is 4.64. The molecule has 0 atom stereocenters. The molecule has 5 nitrogen and oxygen atoms in total. The molecule has 0 bridgehead atoms. The lowest BCUT2D eigenvalue weighted by atomic mass is 10.1. The molecule has 0 aliphatic rings. The molecule has 0 N–H and O–H groups in total. The minimum atomic E-state index is -3.94. The number of aryl methyl sites for hydroxylation is 2. The van der Waals surface area contributed by atoms with Crippen LogP contribution in [0.1, 0.15) is 46.7 Å². The number of nitrogens with zero attached hydrogens (tertiary/aromatic N) is 1. The van der Waals surface area contributed by atoms with E-state index in [2.05, 4.69) is 58.8 Å². The van der Waals surface area contributed by atoms with Crippen LogP contribution in [-0.2, 0) is 26.6 Å². The number of aromatic nitrogens is 1. The first kappa shape index (κ1) is 21.3. The Morgan fingerprint density at radius 2 is 1.77 bits per heavy atom. The summed E-state index contributed by atoms with van der Waals surface area (Å²) in [6.45, 7) is 11.3. The molecule has 128 valence electrons. The van der Waals surface area contributed by atoms with Crippen molar-refractivity contribution in [2.45, 2.75) is 54.0 Å². The molecule has 0 radical (unpaired) electrons. The summed E-state index contributed by atoms with van der Waals surface area (Å²) in [7, 11) is -3.94. The third-order valence-electron chi connectivity index (χ3n) is 2.93. The van der Waals surface area contributed by atoms with Gasteiger partial charge in [-0.15, -0.1) is 0 Å². The van der Waals surface area contributed by atoms with Crippen molar-refractivity contribution in [3.63, 3.8) is 0 Å². The Morgan fingerprint density at radius 1 is 1.18 bits per heavy atom. The smallest absolute Gasteiger partial charge is 0.267 e. The third-order valence-corrected chi connectivity index (χ3v) is 4.08. The molecule has 1 rings (SSSR count). The summed E-state index contributed by atoms with van der Waals surface area (Å²) in [4.78, 5) is 10.4. The van der Waals surface area contributed by atoms with Crippen LogP contribution >= 0.6 is 7.82 Å². The summed E-state index contributed by atoms with van der Waals surface area (Å²) >= 11 is 0. The van der Waals surface area contributed by atoms with Gasteiger partial charge in [0.15, 0.2) is 11.9 Å². The van der Waals surface area contributed by atoms with Crippen molar-refractivity contribution in [3.8, 4) is 0 Å². The fourth-order valence-corrected chi connectivity index (χ4v) is 2.54. The van der Waals surface area contributed by atoms with Crippen molar-refractivity contribution < 1.29 is 23.1 Å². The second-order valence-electron chi connectivity index (χ2n) is 5.19. The zero-order chi connectivity index (χ0) is 17.0. The normalized spacial score (nSPS) is 11.2. The van der Waals surface area contributed by atoms with Crippen molar-refractivity contribution >= 4 is 7.82 Å². The highest BCUT2D eigenvalue weighted by molar-refractivity contribution is 7.45. The Hall–Kier alpha value is -0.740. The van der Waals surface area contributed by atoms with Crippen molar-refractivity contribution in [2.24, 2.45) is 5.92 Å².